The van der Waals surface area contributed by atoms with Gasteiger partial charge in [0.2, 0.25) is 0 Å². The summed E-state index contributed by atoms with van der Waals surface area (Å²) in [6, 6.07) is 9.49. The van der Waals surface area contributed by atoms with E-state index in [-0.39, 0.29) is 4.90 Å². The van der Waals surface area contributed by atoms with Gasteiger partial charge in [0.15, 0.2) is 14.6 Å². The summed E-state index contributed by atoms with van der Waals surface area (Å²) < 4.78 is 31.1. The molecule has 2 aromatic carbocycles. The van der Waals surface area contributed by atoms with Crippen LogP contribution < -0.4 is 4.80 Å². The number of carbonyl (C=O) groups is 1. The van der Waals surface area contributed by atoms with Crippen LogP contribution in [0.15, 0.2) is 46.3 Å². The van der Waals surface area contributed by atoms with Crippen LogP contribution in [0.25, 0.3) is 10.2 Å². The fourth-order valence-corrected chi connectivity index (χ4v) is 4.82. The second kappa shape index (κ2) is 8.16. The molecule has 0 unspecified atom stereocenters. The first-order valence-electron chi connectivity index (χ1n) is 8.39. The number of carbonyl (C=O) groups excluding carboxylic acids is 1. The summed E-state index contributed by atoms with van der Waals surface area (Å²) >= 11 is 7.68. The Morgan fingerprint density at radius 3 is 2.50 bits per heavy atom. The largest absolute Gasteiger partial charge is 0.383 e. The lowest BCUT2D eigenvalue weighted by Gasteiger charge is -2.07. The first kappa shape index (κ1) is 20.7. The minimum atomic E-state index is -3.32. The van der Waals surface area contributed by atoms with Crippen LogP contribution in [-0.4, -0.2) is 38.9 Å². The number of nitrogens with zero attached hydrogens (tertiary/aromatic N) is 2. The van der Waals surface area contributed by atoms with Crippen LogP contribution in [0.4, 0.5) is 0 Å². The molecule has 0 aliphatic carbocycles. The van der Waals surface area contributed by atoms with Gasteiger partial charge in [-0.1, -0.05) is 29.0 Å². The molecule has 9 heteroatoms. The zero-order valence-corrected chi connectivity index (χ0v) is 18.0. The number of thiazole rings is 1. The number of sulfone groups is 1. The molecule has 148 valence electrons. The van der Waals surface area contributed by atoms with Gasteiger partial charge in [-0.25, -0.2) is 8.42 Å². The van der Waals surface area contributed by atoms with Gasteiger partial charge in [-0.3, -0.25) is 4.79 Å². The average molecular weight is 439 g/mol. The molecule has 0 N–H and O–H groups in total. The first-order valence-corrected chi connectivity index (χ1v) is 11.5. The molecule has 6 nitrogen and oxygen atoms in total. The Labute approximate surface area is 172 Å². The highest BCUT2D eigenvalue weighted by atomic mass is 35.5. The summed E-state index contributed by atoms with van der Waals surface area (Å²) in [5, 5.41) is 0.600. The molecule has 3 rings (SSSR count). The van der Waals surface area contributed by atoms with E-state index in [1.165, 1.54) is 35.6 Å². The Bertz CT molecular complexity index is 1210. The number of rotatable bonds is 5. The number of hydrogen-bond donors (Lipinski definition) is 0. The number of aryl methyl sites for hydroxylation is 1. The molecule has 0 aliphatic rings. The van der Waals surface area contributed by atoms with Crippen LogP contribution in [0.2, 0.25) is 5.02 Å². The third-order valence-electron chi connectivity index (χ3n) is 4.22. The van der Waals surface area contributed by atoms with Crippen molar-refractivity contribution in [3.63, 3.8) is 0 Å². The maximum absolute atomic E-state index is 12.7. The smallest absolute Gasteiger partial charge is 0.279 e. The zero-order valence-electron chi connectivity index (χ0n) is 15.6. The second-order valence-electron chi connectivity index (χ2n) is 6.28. The van der Waals surface area contributed by atoms with E-state index in [0.29, 0.717) is 28.5 Å². The van der Waals surface area contributed by atoms with E-state index in [9.17, 15) is 13.2 Å². The molecule has 0 bridgehead atoms. The number of fused-ring (bicyclic) bond motifs is 1. The van der Waals surface area contributed by atoms with E-state index in [2.05, 4.69) is 4.99 Å². The number of hydrogen-bond acceptors (Lipinski definition) is 5. The van der Waals surface area contributed by atoms with Crippen molar-refractivity contribution in [2.75, 3.05) is 20.0 Å². The quantitative estimate of drug-likeness (QED) is 0.611. The molecule has 0 fully saturated rings. The third-order valence-corrected chi connectivity index (χ3v) is 6.89. The van der Waals surface area contributed by atoms with Crippen molar-refractivity contribution in [1.82, 2.24) is 4.57 Å². The normalized spacial score (nSPS) is 12.6. The van der Waals surface area contributed by atoms with E-state index in [0.717, 1.165) is 22.0 Å². The highest BCUT2D eigenvalue weighted by Crippen LogP contribution is 2.29. The van der Waals surface area contributed by atoms with Crippen molar-refractivity contribution in [3.8, 4) is 0 Å². The molecule has 1 amide bonds. The van der Waals surface area contributed by atoms with Gasteiger partial charge >= 0.3 is 0 Å². The molecule has 3 aromatic rings. The van der Waals surface area contributed by atoms with Gasteiger partial charge in [-0.15, -0.1) is 0 Å². The lowest BCUT2D eigenvalue weighted by Crippen LogP contribution is -2.19. The van der Waals surface area contributed by atoms with E-state index in [1.807, 2.05) is 23.6 Å². The monoisotopic (exact) mass is 438 g/mol. The highest BCUT2D eigenvalue weighted by molar-refractivity contribution is 7.90. The molecular weight excluding hydrogens is 420 g/mol. The zero-order chi connectivity index (χ0) is 20.5. The molecule has 0 radical (unpaired) electrons. The maximum atomic E-state index is 12.7. The third kappa shape index (κ3) is 4.20. The Hall–Kier alpha value is -2.00. The van der Waals surface area contributed by atoms with Crippen LogP contribution >= 0.6 is 22.9 Å². The molecule has 28 heavy (non-hydrogen) atoms. The molecule has 1 aromatic heterocycles. The molecule has 0 spiro atoms. The Morgan fingerprint density at radius 1 is 1.21 bits per heavy atom. The summed E-state index contributed by atoms with van der Waals surface area (Å²) in [4.78, 5) is 17.6. The lowest BCUT2D eigenvalue weighted by atomic mass is 10.2. The van der Waals surface area contributed by atoms with Crippen molar-refractivity contribution in [3.05, 3.63) is 57.3 Å². The minimum absolute atomic E-state index is 0.156. The van der Waals surface area contributed by atoms with Gasteiger partial charge in [0.25, 0.3) is 5.91 Å². The summed E-state index contributed by atoms with van der Waals surface area (Å²) in [5.74, 6) is -0.452. The predicted octanol–water partition coefficient (Wildman–Crippen LogP) is 3.46. The Morgan fingerprint density at radius 2 is 1.89 bits per heavy atom. The molecule has 0 saturated heterocycles. The van der Waals surface area contributed by atoms with Crippen molar-refractivity contribution in [2.24, 2.45) is 4.99 Å². The fraction of sp³-hybridized carbons (Fsp3) is 0.263. The molecular formula is C19H19ClN2O4S2. The number of aromatic nitrogens is 1. The standard InChI is InChI=1S/C19H19ClN2O4S2/c1-12-4-9-15(20)17-16(12)22(10-11-26-2)19(27-17)21-18(23)13-5-7-14(8-6-13)28(3,24)25/h4-9H,10-11H2,1-3H3. The van der Waals surface area contributed by atoms with Gasteiger partial charge in [0.05, 0.1) is 26.7 Å². The van der Waals surface area contributed by atoms with E-state index >= 15 is 0 Å². The van der Waals surface area contributed by atoms with Gasteiger partial charge in [0.1, 0.15) is 0 Å². The maximum Gasteiger partial charge on any atom is 0.279 e. The molecule has 0 atom stereocenters. The van der Waals surface area contributed by atoms with Gasteiger partial charge in [0, 0.05) is 25.5 Å². The minimum Gasteiger partial charge on any atom is -0.383 e. The summed E-state index contributed by atoms with van der Waals surface area (Å²) in [6.45, 7) is 2.96. The van der Waals surface area contributed by atoms with Crippen LogP contribution in [0.1, 0.15) is 15.9 Å². The average Bonchev–Trinajstić information content (AvgIpc) is 3.01. The van der Waals surface area contributed by atoms with Crippen molar-refractivity contribution in [1.29, 1.82) is 0 Å². The topological polar surface area (TPSA) is 77.7 Å². The van der Waals surface area contributed by atoms with Gasteiger partial charge < -0.3 is 9.30 Å². The van der Waals surface area contributed by atoms with Crippen LogP contribution in [0, 0.1) is 6.92 Å². The van der Waals surface area contributed by atoms with Crippen LogP contribution in [0.5, 0.6) is 0 Å². The fourth-order valence-electron chi connectivity index (χ4n) is 2.79. The number of benzene rings is 2. The molecule has 0 saturated carbocycles. The SMILES string of the molecule is COCCn1c(=NC(=O)c2ccc(S(C)(=O)=O)cc2)sc2c(Cl)ccc(C)c21. The van der Waals surface area contributed by atoms with Gasteiger partial charge in [-0.2, -0.15) is 4.99 Å². The Kier molecular flexibility index (Phi) is 6.04. The van der Waals surface area contributed by atoms with E-state index in [4.69, 9.17) is 16.3 Å². The summed E-state index contributed by atoms with van der Waals surface area (Å²) in [6.07, 6.45) is 1.12. The van der Waals surface area contributed by atoms with Gasteiger partial charge in [-0.05, 0) is 42.8 Å². The van der Waals surface area contributed by atoms with Crippen molar-refractivity contribution in [2.45, 2.75) is 18.4 Å². The van der Waals surface area contributed by atoms with Crippen molar-refractivity contribution < 1.29 is 17.9 Å². The summed E-state index contributed by atoms with van der Waals surface area (Å²) in [7, 11) is -1.71. The van der Waals surface area contributed by atoms with E-state index < -0.39 is 15.7 Å². The number of methoxy groups -OCH3 is 1. The van der Waals surface area contributed by atoms with E-state index in [1.54, 1.807) is 7.11 Å². The summed E-state index contributed by atoms with van der Waals surface area (Å²) in [5.41, 5.74) is 2.26. The lowest BCUT2D eigenvalue weighted by molar-refractivity contribution is 0.0997. The highest BCUT2D eigenvalue weighted by Gasteiger charge is 2.14. The van der Waals surface area contributed by atoms with Crippen LogP contribution in [0.3, 0.4) is 0 Å². The first-order chi connectivity index (χ1) is 13.2. The number of amides is 1. The Balaban J connectivity index is 2.11. The number of ether oxygens (including phenoxy) is 1. The molecule has 1 heterocycles. The van der Waals surface area contributed by atoms with Crippen molar-refractivity contribution >= 4 is 48.9 Å². The second-order valence-corrected chi connectivity index (χ2v) is 9.69. The number of halogens is 1. The van der Waals surface area contributed by atoms with Crippen LogP contribution in [-0.2, 0) is 21.1 Å². The predicted molar refractivity (Wildman–Crippen MR) is 111 cm³/mol. The molecule has 0 aliphatic heterocycles.